The Balaban J connectivity index is 1.26. The van der Waals surface area contributed by atoms with Gasteiger partial charge in [-0.1, -0.05) is 72.4 Å². The molecule has 1 aliphatic carbocycles. The average Bonchev–Trinajstić information content (AvgIpc) is 3.27. The molecule has 1 unspecified atom stereocenters. The first-order chi connectivity index (χ1) is 19.1. The first-order valence-corrected chi connectivity index (χ1v) is 13.7. The number of esters is 1. The van der Waals surface area contributed by atoms with E-state index in [0.717, 1.165) is 28.3 Å². The van der Waals surface area contributed by atoms with Gasteiger partial charge in [0.2, 0.25) is 0 Å². The highest BCUT2D eigenvalue weighted by molar-refractivity contribution is 8.16. The van der Waals surface area contributed by atoms with Gasteiger partial charge in [-0.15, -0.1) is 0 Å². The molecule has 1 aliphatic heterocycles. The summed E-state index contributed by atoms with van der Waals surface area (Å²) in [6, 6.07) is 26.5. The third kappa shape index (κ3) is 6.56. The van der Waals surface area contributed by atoms with Crippen molar-refractivity contribution in [1.82, 2.24) is 0 Å². The minimum Gasteiger partial charge on any atom is -0.489 e. The van der Waals surface area contributed by atoms with Crippen LogP contribution in [0, 0.1) is 0 Å². The molecule has 3 aromatic carbocycles. The van der Waals surface area contributed by atoms with Crippen molar-refractivity contribution in [2.75, 3.05) is 11.5 Å². The molecule has 5 rings (SSSR count). The number of thioether (sulfide) groups is 1. The number of para-hydroxylation sites is 2. The molecule has 1 atom stereocenters. The molecule has 0 aromatic heterocycles. The van der Waals surface area contributed by atoms with Crippen LogP contribution in [0.3, 0.4) is 0 Å². The lowest BCUT2D eigenvalue weighted by Gasteiger charge is -2.16. The molecule has 0 spiro atoms. The van der Waals surface area contributed by atoms with Crippen LogP contribution in [-0.4, -0.2) is 28.9 Å². The summed E-state index contributed by atoms with van der Waals surface area (Å²) >= 11 is 1.45. The highest BCUT2D eigenvalue weighted by atomic mass is 32.2. The fraction of sp³-hybridized carbons (Fsp3) is 0.156. The van der Waals surface area contributed by atoms with E-state index in [9.17, 15) is 9.59 Å². The predicted octanol–water partition coefficient (Wildman–Crippen LogP) is 6.99. The van der Waals surface area contributed by atoms with Crippen molar-refractivity contribution in [3.63, 3.8) is 0 Å². The highest BCUT2D eigenvalue weighted by Crippen LogP contribution is 2.35. The zero-order chi connectivity index (χ0) is 27.0. The Hall–Kier alpha value is -4.36. The van der Waals surface area contributed by atoms with Crippen LogP contribution in [0.5, 0.6) is 0 Å². The normalized spacial score (nSPS) is 18.9. The quantitative estimate of drug-likeness (QED) is 0.290. The summed E-state index contributed by atoms with van der Waals surface area (Å²) in [4.78, 5) is 32.0. The number of rotatable bonds is 8. The molecule has 0 saturated carbocycles. The maximum atomic E-state index is 13.5. The number of hydrogen-bond donors (Lipinski definition) is 0. The number of amides is 1. The Bertz CT molecular complexity index is 1460. The van der Waals surface area contributed by atoms with Crippen LogP contribution in [0.2, 0.25) is 0 Å². The molecule has 0 radical (unpaired) electrons. The zero-order valence-electron chi connectivity index (χ0n) is 21.5. The van der Waals surface area contributed by atoms with Crippen LogP contribution in [-0.2, 0) is 20.9 Å². The molecule has 2 aliphatic rings. The van der Waals surface area contributed by atoms with Crippen molar-refractivity contribution < 1.29 is 19.1 Å². The number of carbonyl (C=O) groups excluding carboxylic acids is 2. The lowest BCUT2D eigenvalue weighted by Crippen LogP contribution is -2.31. The molecule has 196 valence electrons. The molecule has 1 fully saturated rings. The van der Waals surface area contributed by atoms with Crippen LogP contribution in [0.15, 0.2) is 126 Å². The van der Waals surface area contributed by atoms with E-state index in [1.54, 1.807) is 24.0 Å². The Morgan fingerprint density at radius 2 is 1.79 bits per heavy atom. The number of nitrogens with zero attached hydrogens (tertiary/aromatic N) is 2. The summed E-state index contributed by atoms with van der Waals surface area (Å²) in [5.74, 6) is 0.388. The van der Waals surface area contributed by atoms with Crippen molar-refractivity contribution in [1.29, 1.82) is 0 Å². The van der Waals surface area contributed by atoms with Crippen LogP contribution in [0.4, 0.5) is 11.4 Å². The standard InChI is InChI=1S/C32H28N2O4S/c1-2-37-31(36)25-11-9-10-24(20-25)22-38-28-18-16-23(17-19-28)21-29-30(35)34(27-14-7-4-8-15-27)32(39-29)33-26-12-5-3-6-13-26/h3-16,18-21,29H,2,17,22H2,1H3. The monoisotopic (exact) mass is 536 g/mol. The molecule has 1 amide bonds. The van der Waals surface area contributed by atoms with E-state index < -0.39 is 0 Å². The number of allylic oxidation sites excluding steroid dienone is 4. The molecule has 39 heavy (non-hydrogen) atoms. The van der Waals surface area contributed by atoms with Crippen molar-refractivity contribution >= 4 is 40.2 Å². The van der Waals surface area contributed by atoms with Gasteiger partial charge < -0.3 is 9.47 Å². The van der Waals surface area contributed by atoms with Gasteiger partial charge in [0.05, 0.1) is 23.5 Å². The average molecular weight is 537 g/mol. The molecule has 3 aromatic rings. The minimum atomic E-state index is -0.381. The molecular weight excluding hydrogens is 508 g/mol. The number of amidine groups is 1. The van der Waals surface area contributed by atoms with Gasteiger partial charge in [-0.2, -0.15) is 0 Å². The van der Waals surface area contributed by atoms with E-state index in [1.807, 2.05) is 97.1 Å². The molecule has 6 nitrogen and oxygen atoms in total. The molecule has 7 heteroatoms. The Morgan fingerprint density at radius 1 is 1.03 bits per heavy atom. The second-order valence-corrected chi connectivity index (χ2v) is 9.98. The van der Waals surface area contributed by atoms with Gasteiger partial charge in [0.25, 0.3) is 5.91 Å². The Morgan fingerprint density at radius 3 is 2.51 bits per heavy atom. The van der Waals surface area contributed by atoms with Gasteiger partial charge in [0.1, 0.15) is 17.6 Å². The summed E-state index contributed by atoms with van der Waals surface area (Å²) in [6.07, 6.45) is 8.54. The van der Waals surface area contributed by atoms with Gasteiger partial charge in [0, 0.05) is 0 Å². The second-order valence-electron chi connectivity index (χ2n) is 8.87. The van der Waals surface area contributed by atoms with E-state index >= 15 is 0 Å². The fourth-order valence-electron chi connectivity index (χ4n) is 4.19. The van der Waals surface area contributed by atoms with Gasteiger partial charge in [0.15, 0.2) is 5.17 Å². The number of aliphatic imine (C=N–C) groups is 1. The molecule has 0 bridgehead atoms. The summed E-state index contributed by atoms with van der Waals surface area (Å²) in [6.45, 7) is 2.46. The summed E-state index contributed by atoms with van der Waals surface area (Å²) in [5, 5.41) is 0.275. The summed E-state index contributed by atoms with van der Waals surface area (Å²) in [5.41, 5.74) is 4.03. The predicted molar refractivity (Wildman–Crippen MR) is 156 cm³/mol. The first-order valence-electron chi connectivity index (χ1n) is 12.8. The molecule has 1 heterocycles. The molecule has 0 N–H and O–H groups in total. The van der Waals surface area contributed by atoms with Crippen LogP contribution in [0.1, 0.15) is 29.3 Å². The van der Waals surface area contributed by atoms with E-state index in [2.05, 4.69) is 0 Å². The molecular formula is C32H28N2O4S. The number of anilines is 1. The number of hydrogen-bond acceptors (Lipinski definition) is 6. The topological polar surface area (TPSA) is 68.2 Å². The van der Waals surface area contributed by atoms with Crippen LogP contribution < -0.4 is 4.90 Å². The number of carbonyl (C=O) groups is 2. The Labute approximate surface area is 232 Å². The van der Waals surface area contributed by atoms with Crippen LogP contribution >= 0.6 is 11.8 Å². The van der Waals surface area contributed by atoms with Crippen molar-refractivity contribution in [2.45, 2.75) is 25.2 Å². The highest BCUT2D eigenvalue weighted by Gasteiger charge is 2.38. The van der Waals surface area contributed by atoms with Gasteiger partial charge in [-0.05, 0) is 73.0 Å². The van der Waals surface area contributed by atoms with Crippen molar-refractivity contribution in [2.24, 2.45) is 4.99 Å². The Kier molecular flexibility index (Phi) is 8.39. The van der Waals surface area contributed by atoms with Crippen molar-refractivity contribution in [3.8, 4) is 0 Å². The first kappa shape index (κ1) is 26.3. The van der Waals surface area contributed by atoms with Gasteiger partial charge >= 0.3 is 5.97 Å². The van der Waals surface area contributed by atoms with Gasteiger partial charge in [-0.25, -0.2) is 9.79 Å². The van der Waals surface area contributed by atoms with E-state index in [1.165, 1.54) is 11.8 Å². The number of benzene rings is 3. The number of ether oxygens (including phenoxy) is 2. The van der Waals surface area contributed by atoms with E-state index in [4.69, 9.17) is 14.5 Å². The van der Waals surface area contributed by atoms with Crippen molar-refractivity contribution in [3.05, 3.63) is 132 Å². The summed E-state index contributed by atoms with van der Waals surface area (Å²) < 4.78 is 11.0. The van der Waals surface area contributed by atoms with E-state index in [0.29, 0.717) is 30.4 Å². The SMILES string of the molecule is CCOC(=O)c1cccc(COC2=CCC(=CC3SC(=Nc4ccccc4)N(c4ccccc4)C3=O)C=C2)c1. The maximum Gasteiger partial charge on any atom is 0.338 e. The fourth-order valence-corrected chi connectivity index (χ4v) is 5.32. The van der Waals surface area contributed by atoms with E-state index in [-0.39, 0.29) is 17.1 Å². The lowest BCUT2D eigenvalue weighted by molar-refractivity contribution is -0.116. The smallest absolute Gasteiger partial charge is 0.338 e. The van der Waals surface area contributed by atoms with Gasteiger partial charge in [-0.3, -0.25) is 9.69 Å². The lowest BCUT2D eigenvalue weighted by atomic mass is 10.1. The summed E-state index contributed by atoms with van der Waals surface area (Å²) in [7, 11) is 0. The third-order valence-electron chi connectivity index (χ3n) is 6.09. The molecule has 1 saturated heterocycles. The van der Waals surface area contributed by atoms with Crippen LogP contribution in [0.25, 0.3) is 0 Å². The zero-order valence-corrected chi connectivity index (χ0v) is 22.3. The largest absolute Gasteiger partial charge is 0.489 e. The minimum absolute atomic E-state index is 0.0192. The third-order valence-corrected chi connectivity index (χ3v) is 7.17. The second kappa shape index (κ2) is 12.5. The maximum absolute atomic E-state index is 13.5.